The first-order valence-electron chi connectivity index (χ1n) is 15.9. The molecule has 5 aromatic heterocycles. The average molecular weight is 683 g/mol. The Labute approximate surface area is 291 Å². The molecule has 0 N–H and O–H groups in total. The van der Waals surface area contributed by atoms with E-state index in [4.69, 9.17) is 8.83 Å². The summed E-state index contributed by atoms with van der Waals surface area (Å²) in [5.41, 5.74) is 7.72. The Bertz CT molecular complexity index is 2780. The summed E-state index contributed by atoms with van der Waals surface area (Å²) in [6, 6.07) is 47.0. The van der Waals surface area contributed by atoms with Crippen molar-refractivity contribution >= 4 is 96.6 Å². The van der Waals surface area contributed by atoms with Crippen molar-refractivity contribution in [3.8, 4) is 43.8 Å². The fourth-order valence-corrected chi connectivity index (χ4v) is 10.2. The second-order valence-corrected chi connectivity index (χ2v) is 15.5. The lowest BCUT2D eigenvalue weighted by Crippen LogP contribution is -1.78. The van der Waals surface area contributed by atoms with Gasteiger partial charge in [0.25, 0.3) is 0 Å². The van der Waals surface area contributed by atoms with E-state index in [9.17, 15) is 0 Å². The molecule has 0 bridgehead atoms. The van der Waals surface area contributed by atoms with Gasteiger partial charge in [-0.15, -0.1) is 34.0 Å². The summed E-state index contributed by atoms with van der Waals surface area (Å²) in [5, 5.41) is 5.20. The van der Waals surface area contributed by atoms with Crippen LogP contribution in [0.1, 0.15) is 0 Å². The van der Waals surface area contributed by atoms with Gasteiger partial charge in [0, 0.05) is 50.5 Å². The van der Waals surface area contributed by atoms with Crippen LogP contribution in [0.25, 0.3) is 106 Å². The highest BCUT2D eigenvalue weighted by molar-refractivity contribution is 7.27. The molecule has 0 atom stereocenters. The predicted octanol–water partition coefficient (Wildman–Crippen LogP) is 13.4. The van der Waals surface area contributed by atoms with Crippen molar-refractivity contribution in [3.05, 3.63) is 133 Å². The molecule has 4 nitrogen and oxygen atoms in total. The fourth-order valence-electron chi connectivity index (χ4n) is 6.67. The molecule has 0 aliphatic carbocycles. The summed E-state index contributed by atoms with van der Waals surface area (Å²) < 4.78 is 17.2. The first kappa shape index (κ1) is 27.4. The van der Waals surface area contributed by atoms with E-state index < -0.39 is 0 Å². The molecule has 5 heterocycles. The van der Waals surface area contributed by atoms with Crippen molar-refractivity contribution in [2.75, 3.05) is 0 Å². The highest BCUT2D eigenvalue weighted by atomic mass is 32.1. The topological polar surface area (TPSA) is 52.1 Å². The summed E-state index contributed by atoms with van der Waals surface area (Å²) in [6.45, 7) is 0. The number of fused-ring (bicyclic) bond motifs is 7. The van der Waals surface area contributed by atoms with Gasteiger partial charge in [-0.1, -0.05) is 48.5 Å². The molecule has 0 aliphatic rings. The van der Waals surface area contributed by atoms with Crippen molar-refractivity contribution in [2.45, 2.75) is 0 Å². The van der Waals surface area contributed by atoms with Gasteiger partial charge in [-0.25, -0.2) is 9.97 Å². The maximum atomic E-state index is 5.98. The van der Waals surface area contributed by atoms with Crippen LogP contribution < -0.4 is 0 Å². The number of aromatic nitrogens is 2. The highest BCUT2D eigenvalue weighted by Crippen LogP contribution is 2.44. The van der Waals surface area contributed by atoms with Crippen molar-refractivity contribution in [1.29, 1.82) is 0 Å². The number of rotatable bonds is 4. The molecule has 230 valence electrons. The van der Waals surface area contributed by atoms with E-state index >= 15 is 0 Å². The van der Waals surface area contributed by atoms with E-state index in [0.29, 0.717) is 11.8 Å². The summed E-state index contributed by atoms with van der Waals surface area (Å²) in [7, 11) is 0. The number of hydrogen-bond acceptors (Lipinski definition) is 7. The molecule has 0 radical (unpaired) electrons. The van der Waals surface area contributed by atoms with Crippen molar-refractivity contribution in [1.82, 2.24) is 9.97 Å². The van der Waals surface area contributed by atoms with Gasteiger partial charge in [-0.2, -0.15) is 0 Å². The van der Waals surface area contributed by atoms with Gasteiger partial charge in [-0.3, -0.25) is 0 Å². The molecule has 0 saturated heterocycles. The van der Waals surface area contributed by atoms with E-state index in [1.54, 1.807) is 0 Å². The molecule has 7 heteroatoms. The smallest absolute Gasteiger partial charge is 0.227 e. The zero-order valence-electron chi connectivity index (χ0n) is 25.6. The van der Waals surface area contributed by atoms with Crippen LogP contribution >= 0.6 is 34.0 Å². The second-order valence-electron chi connectivity index (χ2n) is 12.2. The van der Waals surface area contributed by atoms with E-state index in [1.165, 1.54) is 61.2 Å². The zero-order chi connectivity index (χ0) is 32.1. The predicted molar refractivity (Wildman–Crippen MR) is 207 cm³/mol. The number of thiophene rings is 3. The molecular formula is C42H22N2O2S3. The molecule has 0 amide bonds. The fraction of sp³-hybridized carbons (Fsp3) is 0. The highest BCUT2D eigenvalue weighted by Gasteiger charge is 2.15. The zero-order valence-corrected chi connectivity index (χ0v) is 28.1. The Morgan fingerprint density at radius 2 is 0.816 bits per heavy atom. The number of hydrogen-bond donors (Lipinski definition) is 0. The molecule has 0 saturated carbocycles. The summed E-state index contributed by atoms with van der Waals surface area (Å²) in [6.07, 6.45) is 0. The molecule has 49 heavy (non-hydrogen) atoms. The van der Waals surface area contributed by atoms with E-state index in [1.807, 2.05) is 82.5 Å². The summed E-state index contributed by atoms with van der Waals surface area (Å²) >= 11 is 5.57. The molecule has 11 rings (SSSR count). The number of nitrogens with zero attached hydrogens (tertiary/aromatic N) is 2. The van der Waals surface area contributed by atoms with Gasteiger partial charge >= 0.3 is 0 Å². The van der Waals surface area contributed by atoms with Crippen LogP contribution in [0.15, 0.2) is 142 Å². The maximum Gasteiger partial charge on any atom is 0.227 e. The van der Waals surface area contributed by atoms with Gasteiger partial charge in [0.2, 0.25) is 11.8 Å². The first-order valence-corrected chi connectivity index (χ1v) is 18.4. The summed E-state index contributed by atoms with van der Waals surface area (Å²) in [5.74, 6) is 1.30. The second kappa shape index (κ2) is 10.4. The standard InChI is InChI=1S/C42H22N2O2S3/c1-3-7-33-31(5-1)43-41(45-33)25-13-9-23(10-14-25)35-19-27-17-29-30-18-28-20-36(48-38(28)22-40(30)49-39(29)21-37(27)47-35)24-11-15-26(16-12-24)42-44-32-6-2-4-8-34(32)46-42/h1-22H. The number of oxazole rings is 2. The molecule has 11 aromatic rings. The monoisotopic (exact) mass is 682 g/mol. The molecule has 0 aliphatic heterocycles. The van der Waals surface area contributed by atoms with Crippen LogP contribution in [-0.4, -0.2) is 9.97 Å². The SMILES string of the molecule is c1ccc2oc(-c3ccc(-c4cc5cc6c(cc5s4)sc4cc5sc(-c7ccc(-c8nc9ccccc9o8)cc7)cc5cc46)cc3)nc2c1. The molecule has 0 fully saturated rings. The quantitative estimate of drug-likeness (QED) is 0.185. The van der Waals surface area contributed by atoms with Crippen molar-refractivity contribution < 1.29 is 8.83 Å². The molecule has 0 spiro atoms. The average Bonchev–Trinajstić information content (AvgIpc) is 3.97. The Kier molecular flexibility index (Phi) is 5.83. The van der Waals surface area contributed by atoms with Crippen molar-refractivity contribution in [3.63, 3.8) is 0 Å². The lowest BCUT2D eigenvalue weighted by molar-refractivity contribution is 0.619. The van der Waals surface area contributed by atoms with Crippen LogP contribution in [0.2, 0.25) is 0 Å². The van der Waals surface area contributed by atoms with Gasteiger partial charge in [0.1, 0.15) is 11.0 Å². The Hall–Kier alpha value is -5.60. The largest absolute Gasteiger partial charge is 0.436 e. The molecule has 6 aromatic carbocycles. The third-order valence-electron chi connectivity index (χ3n) is 9.17. The van der Waals surface area contributed by atoms with Gasteiger partial charge < -0.3 is 8.83 Å². The molecular weight excluding hydrogens is 661 g/mol. The number of benzene rings is 6. The minimum atomic E-state index is 0.650. The molecule has 0 unspecified atom stereocenters. The van der Waals surface area contributed by atoms with Crippen LogP contribution in [0.5, 0.6) is 0 Å². The normalized spacial score (nSPS) is 12.1. The number of para-hydroxylation sites is 4. The third kappa shape index (κ3) is 4.47. The van der Waals surface area contributed by atoms with E-state index in [0.717, 1.165) is 33.3 Å². The lowest BCUT2D eigenvalue weighted by atomic mass is 10.1. The van der Waals surface area contributed by atoms with Crippen LogP contribution in [0, 0.1) is 0 Å². The van der Waals surface area contributed by atoms with E-state index in [-0.39, 0.29) is 0 Å². The van der Waals surface area contributed by atoms with Crippen LogP contribution in [-0.2, 0) is 0 Å². The minimum absolute atomic E-state index is 0.650. The Morgan fingerprint density at radius 3 is 1.27 bits per heavy atom. The summed E-state index contributed by atoms with van der Waals surface area (Å²) in [4.78, 5) is 11.8. The maximum absolute atomic E-state index is 5.98. The van der Waals surface area contributed by atoms with Gasteiger partial charge in [0.05, 0.1) is 0 Å². The lowest BCUT2D eigenvalue weighted by Gasteiger charge is -1.99. The van der Waals surface area contributed by atoms with Gasteiger partial charge in [0.15, 0.2) is 11.2 Å². The Balaban J connectivity index is 0.912. The van der Waals surface area contributed by atoms with Gasteiger partial charge in [-0.05, 0) is 107 Å². The van der Waals surface area contributed by atoms with Crippen LogP contribution in [0.4, 0.5) is 0 Å². The minimum Gasteiger partial charge on any atom is -0.436 e. The van der Waals surface area contributed by atoms with Crippen molar-refractivity contribution in [2.24, 2.45) is 0 Å². The third-order valence-corrected chi connectivity index (χ3v) is 12.6. The Morgan fingerprint density at radius 1 is 0.388 bits per heavy atom. The van der Waals surface area contributed by atoms with E-state index in [2.05, 4.69) is 94.9 Å². The van der Waals surface area contributed by atoms with Crippen LogP contribution in [0.3, 0.4) is 0 Å². The first-order chi connectivity index (χ1) is 24.2.